The lowest BCUT2D eigenvalue weighted by molar-refractivity contribution is 0.341. The van der Waals surface area contributed by atoms with E-state index >= 15 is 0 Å². The fraction of sp³-hybridized carbons (Fsp3) is 0.348. The molecule has 0 aliphatic carbocycles. The average molecular weight is 411 g/mol. The van der Waals surface area contributed by atoms with E-state index in [0.717, 1.165) is 35.5 Å². The number of aryl methyl sites for hydroxylation is 1. The van der Waals surface area contributed by atoms with Crippen molar-refractivity contribution in [2.24, 2.45) is 0 Å². The number of hydrogen-bond donors (Lipinski definition) is 0. The van der Waals surface area contributed by atoms with Crippen LogP contribution < -0.4 is 0 Å². The van der Waals surface area contributed by atoms with E-state index < -0.39 is 9.84 Å². The number of likely N-dealkylation sites (tertiary alicyclic amines) is 1. The lowest BCUT2D eigenvalue weighted by Gasteiger charge is -2.12. The molecule has 0 atom stereocenters. The summed E-state index contributed by atoms with van der Waals surface area (Å²) in [6.07, 6.45) is 4.71. The van der Waals surface area contributed by atoms with Crippen molar-refractivity contribution in [2.75, 3.05) is 25.9 Å². The normalized spacial score (nSPS) is 15.1. The number of aromatic nitrogens is 1. The maximum absolute atomic E-state index is 12.1. The van der Waals surface area contributed by atoms with Crippen LogP contribution in [0, 0.1) is 6.92 Å². The van der Waals surface area contributed by atoms with Gasteiger partial charge in [0.2, 0.25) is 5.89 Å². The Morgan fingerprint density at radius 1 is 1.00 bits per heavy atom. The van der Waals surface area contributed by atoms with Gasteiger partial charge in [-0.25, -0.2) is 13.4 Å². The first kappa shape index (κ1) is 19.9. The van der Waals surface area contributed by atoms with Crippen LogP contribution in [0.2, 0.25) is 0 Å². The van der Waals surface area contributed by atoms with Crippen molar-refractivity contribution >= 4 is 9.84 Å². The third kappa shape index (κ3) is 4.43. The topological polar surface area (TPSA) is 63.4 Å². The van der Waals surface area contributed by atoms with Crippen LogP contribution in [-0.4, -0.2) is 44.2 Å². The number of sulfone groups is 1. The minimum Gasteiger partial charge on any atom is -0.441 e. The third-order valence-electron chi connectivity index (χ3n) is 5.49. The summed E-state index contributed by atoms with van der Waals surface area (Å²) < 4.78 is 30.1. The molecule has 4 rings (SSSR count). The van der Waals surface area contributed by atoms with Gasteiger partial charge < -0.3 is 9.32 Å². The second-order valence-electron chi connectivity index (χ2n) is 7.67. The zero-order chi connectivity index (χ0) is 20.4. The Hall–Kier alpha value is -2.44. The van der Waals surface area contributed by atoms with E-state index in [0.29, 0.717) is 16.3 Å². The van der Waals surface area contributed by atoms with E-state index in [1.54, 1.807) is 12.1 Å². The van der Waals surface area contributed by atoms with Crippen LogP contribution in [0.3, 0.4) is 0 Å². The van der Waals surface area contributed by atoms with Crippen LogP contribution in [0.5, 0.6) is 0 Å². The first-order chi connectivity index (χ1) is 13.9. The highest BCUT2D eigenvalue weighted by Crippen LogP contribution is 2.30. The van der Waals surface area contributed by atoms with E-state index in [1.165, 1.54) is 32.2 Å². The van der Waals surface area contributed by atoms with Gasteiger partial charge in [0, 0.05) is 30.3 Å². The van der Waals surface area contributed by atoms with Crippen molar-refractivity contribution in [1.82, 2.24) is 9.88 Å². The summed E-state index contributed by atoms with van der Waals surface area (Å²) in [6.45, 7) is 5.35. The molecular formula is C23H26N2O3S. The van der Waals surface area contributed by atoms with Crippen molar-refractivity contribution in [2.45, 2.75) is 31.1 Å². The molecule has 0 bridgehead atoms. The fourth-order valence-corrected chi connectivity index (χ4v) is 4.79. The van der Waals surface area contributed by atoms with Gasteiger partial charge in [0.05, 0.1) is 10.6 Å². The van der Waals surface area contributed by atoms with E-state index in [4.69, 9.17) is 9.40 Å². The number of benzene rings is 2. The molecule has 0 radical (unpaired) electrons. The number of oxazole rings is 1. The molecule has 1 aliphatic rings. The summed E-state index contributed by atoms with van der Waals surface area (Å²) in [6, 6.07) is 14.8. The second kappa shape index (κ2) is 8.13. The smallest absolute Gasteiger partial charge is 0.226 e. The van der Waals surface area contributed by atoms with E-state index in [2.05, 4.69) is 4.90 Å². The molecule has 2 aromatic carbocycles. The average Bonchev–Trinajstić information content (AvgIpc) is 3.35. The Morgan fingerprint density at radius 3 is 2.34 bits per heavy atom. The molecule has 1 aliphatic heterocycles. The van der Waals surface area contributed by atoms with Crippen molar-refractivity contribution in [3.8, 4) is 22.6 Å². The highest BCUT2D eigenvalue weighted by molar-refractivity contribution is 7.90. The molecule has 152 valence electrons. The lowest BCUT2D eigenvalue weighted by Crippen LogP contribution is -2.22. The molecule has 2 heterocycles. The maximum atomic E-state index is 12.1. The maximum Gasteiger partial charge on any atom is 0.226 e. The highest BCUT2D eigenvalue weighted by Gasteiger charge is 2.17. The Morgan fingerprint density at radius 2 is 1.66 bits per heavy atom. The highest BCUT2D eigenvalue weighted by atomic mass is 32.2. The zero-order valence-corrected chi connectivity index (χ0v) is 17.7. The first-order valence-electron chi connectivity index (χ1n) is 10.0. The summed E-state index contributed by atoms with van der Waals surface area (Å²) in [4.78, 5) is 7.52. The second-order valence-corrected chi connectivity index (χ2v) is 9.65. The van der Waals surface area contributed by atoms with Crippen molar-refractivity contribution in [1.29, 1.82) is 0 Å². The summed E-state index contributed by atoms with van der Waals surface area (Å²) in [7, 11) is -3.29. The summed E-state index contributed by atoms with van der Waals surface area (Å²) in [5, 5.41) is 0. The minimum absolute atomic E-state index is 0.337. The van der Waals surface area contributed by atoms with Crippen LogP contribution in [0.1, 0.15) is 24.3 Å². The van der Waals surface area contributed by atoms with Crippen LogP contribution in [0.15, 0.2) is 57.8 Å². The largest absolute Gasteiger partial charge is 0.441 e. The van der Waals surface area contributed by atoms with Gasteiger partial charge in [-0.05, 0) is 56.6 Å². The van der Waals surface area contributed by atoms with Gasteiger partial charge in [-0.1, -0.05) is 30.3 Å². The predicted molar refractivity (Wildman–Crippen MR) is 115 cm³/mol. The van der Waals surface area contributed by atoms with Gasteiger partial charge in [0.15, 0.2) is 9.84 Å². The molecule has 6 heteroatoms. The van der Waals surface area contributed by atoms with Gasteiger partial charge in [-0.15, -0.1) is 0 Å². The third-order valence-corrected chi connectivity index (χ3v) is 6.64. The van der Waals surface area contributed by atoms with Gasteiger partial charge in [0.1, 0.15) is 5.76 Å². The van der Waals surface area contributed by atoms with Crippen molar-refractivity contribution < 1.29 is 12.8 Å². The Kier molecular flexibility index (Phi) is 5.56. The number of hydrogen-bond acceptors (Lipinski definition) is 5. The molecule has 0 unspecified atom stereocenters. The Bertz CT molecular complexity index is 1100. The summed E-state index contributed by atoms with van der Waals surface area (Å²) in [5.41, 5.74) is 3.46. The molecule has 1 aromatic heterocycles. The standard InChI is InChI=1S/C23H26N2O3S/c1-17-21(13-16-25-14-5-6-15-25)24-23(28-17)19-11-9-18(10-12-19)20-7-3-4-8-22(20)29(2,26)27/h3-4,7-12H,5-6,13-16H2,1-2H3. The van der Waals surface area contributed by atoms with Gasteiger partial charge in [-0.3, -0.25) is 0 Å². The zero-order valence-electron chi connectivity index (χ0n) is 16.9. The number of rotatable bonds is 6. The Balaban J connectivity index is 1.55. The first-order valence-corrected chi connectivity index (χ1v) is 11.9. The van der Waals surface area contributed by atoms with E-state index in [1.807, 2.05) is 43.3 Å². The fourth-order valence-electron chi connectivity index (χ4n) is 3.87. The molecule has 3 aromatic rings. The Labute approximate surface area is 172 Å². The van der Waals surface area contributed by atoms with Crippen molar-refractivity contribution in [3.05, 3.63) is 60.0 Å². The summed E-state index contributed by atoms with van der Waals surface area (Å²) >= 11 is 0. The van der Waals surface area contributed by atoms with Crippen LogP contribution in [0.25, 0.3) is 22.6 Å². The van der Waals surface area contributed by atoms with Crippen LogP contribution in [0.4, 0.5) is 0 Å². The van der Waals surface area contributed by atoms with Gasteiger partial charge in [0.25, 0.3) is 0 Å². The molecule has 0 spiro atoms. The SMILES string of the molecule is Cc1oc(-c2ccc(-c3ccccc3S(C)(=O)=O)cc2)nc1CCN1CCCC1. The molecule has 29 heavy (non-hydrogen) atoms. The van der Waals surface area contributed by atoms with Gasteiger partial charge in [-0.2, -0.15) is 0 Å². The predicted octanol–water partition coefficient (Wildman–Crippen LogP) is 4.36. The van der Waals surface area contributed by atoms with Crippen molar-refractivity contribution in [3.63, 3.8) is 0 Å². The van der Waals surface area contributed by atoms with E-state index in [-0.39, 0.29) is 0 Å². The molecular weight excluding hydrogens is 384 g/mol. The number of nitrogens with zero attached hydrogens (tertiary/aromatic N) is 2. The quantitative estimate of drug-likeness (QED) is 0.604. The lowest BCUT2D eigenvalue weighted by atomic mass is 10.0. The molecule has 0 saturated carbocycles. The monoisotopic (exact) mass is 410 g/mol. The summed E-state index contributed by atoms with van der Waals surface area (Å²) in [5.74, 6) is 1.48. The van der Waals surface area contributed by atoms with Crippen LogP contribution >= 0.6 is 0 Å². The molecule has 0 amide bonds. The molecule has 1 fully saturated rings. The molecule has 0 N–H and O–H groups in total. The molecule has 5 nitrogen and oxygen atoms in total. The van der Waals surface area contributed by atoms with Gasteiger partial charge >= 0.3 is 0 Å². The van der Waals surface area contributed by atoms with Crippen LogP contribution in [-0.2, 0) is 16.3 Å². The molecule has 1 saturated heterocycles. The minimum atomic E-state index is -3.29. The van der Waals surface area contributed by atoms with E-state index in [9.17, 15) is 8.42 Å².